The first-order valence-electron chi connectivity index (χ1n) is 4.99. The van der Waals surface area contributed by atoms with Gasteiger partial charge in [0.15, 0.2) is 0 Å². The lowest BCUT2D eigenvalue weighted by molar-refractivity contribution is -0.0756. The first-order valence-corrected chi connectivity index (χ1v) is 5.78. The van der Waals surface area contributed by atoms with Gasteiger partial charge in [0, 0.05) is 28.7 Å². The molecule has 1 aromatic carbocycles. The monoisotopic (exact) mass is 294 g/mol. The minimum Gasteiger partial charge on any atom is -0.274 e. The lowest BCUT2D eigenvalue weighted by Gasteiger charge is -2.13. The zero-order valence-corrected chi connectivity index (χ0v) is 11.1. The van der Waals surface area contributed by atoms with Crippen LogP contribution >= 0.6 is 15.9 Å². The van der Waals surface area contributed by atoms with E-state index in [0.29, 0.717) is 5.56 Å². The molecule has 2 rings (SSSR count). The molecule has 0 N–H and O–H groups in total. The Labute approximate surface area is 107 Å². The zero-order chi connectivity index (χ0) is 12.4. The van der Waals surface area contributed by atoms with Gasteiger partial charge in [-0.1, -0.05) is 0 Å². The molecule has 0 fully saturated rings. The molecule has 0 atom stereocenters. The summed E-state index contributed by atoms with van der Waals surface area (Å²) in [6, 6.07) is 7.27. The summed E-state index contributed by atoms with van der Waals surface area (Å²) < 4.78 is 0.884. The predicted molar refractivity (Wildman–Crippen MR) is 68.5 cm³/mol. The van der Waals surface area contributed by atoms with E-state index in [1.807, 2.05) is 12.1 Å². The van der Waals surface area contributed by atoms with Gasteiger partial charge in [0.1, 0.15) is 0 Å². The summed E-state index contributed by atoms with van der Waals surface area (Å²) in [4.78, 5) is 21.0. The molecule has 4 nitrogen and oxygen atoms in total. The van der Waals surface area contributed by atoms with E-state index >= 15 is 0 Å². The molecule has 0 saturated carbocycles. The van der Waals surface area contributed by atoms with Crippen molar-refractivity contribution in [3.05, 3.63) is 40.5 Å². The number of hydroxylamine groups is 2. The zero-order valence-electron chi connectivity index (χ0n) is 9.48. The van der Waals surface area contributed by atoms with Gasteiger partial charge in [-0.15, -0.1) is 0 Å². The first-order chi connectivity index (χ1) is 8.11. The maximum Gasteiger partial charge on any atom is 0.277 e. The molecule has 0 aliphatic rings. The standard InChI is InChI=1S/C12H11BrN2O2/c1-15(17-2)12(16)8-3-4-11-9(5-8)6-10(13)7-14-11/h3-7H,1-2H3. The molecule has 0 bridgehead atoms. The molecule has 0 spiro atoms. The van der Waals surface area contributed by atoms with Crippen LogP contribution in [0, 0.1) is 0 Å². The Balaban J connectivity index is 2.47. The van der Waals surface area contributed by atoms with Crippen LogP contribution in [-0.2, 0) is 4.84 Å². The molecule has 88 valence electrons. The highest BCUT2D eigenvalue weighted by Crippen LogP contribution is 2.19. The molecular weight excluding hydrogens is 284 g/mol. The van der Waals surface area contributed by atoms with Gasteiger partial charge in [0.2, 0.25) is 0 Å². The van der Waals surface area contributed by atoms with Gasteiger partial charge >= 0.3 is 0 Å². The third-order valence-corrected chi connectivity index (χ3v) is 2.89. The van der Waals surface area contributed by atoms with Crippen LogP contribution in [0.25, 0.3) is 10.9 Å². The van der Waals surface area contributed by atoms with Gasteiger partial charge in [-0.3, -0.25) is 14.6 Å². The molecule has 1 aromatic heterocycles. The Bertz CT molecular complexity index is 571. The van der Waals surface area contributed by atoms with Crippen LogP contribution in [0.1, 0.15) is 10.4 Å². The molecule has 5 heteroatoms. The first kappa shape index (κ1) is 12.0. The summed E-state index contributed by atoms with van der Waals surface area (Å²) in [7, 11) is 3.03. The topological polar surface area (TPSA) is 42.4 Å². The molecule has 2 aromatic rings. The number of hydrogen-bond donors (Lipinski definition) is 0. The van der Waals surface area contributed by atoms with E-state index in [-0.39, 0.29) is 5.91 Å². The molecule has 0 aliphatic heterocycles. The van der Waals surface area contributed by atoms with Crippen molar-refractivity contribution in [2.75, 3.05) is 14.2 Å². The Hall–Kier alpha value is -1.46. The van der Waals surface area contributed by atoms with Crippen molar-refractivity contribution < 1.29 is 9.63 Å². The quantitative estimate of drug-likeness (QED) is 0.800. The maximum absolute atomic E-state index is 11.9. The maximum atomic E-state index is 11.9. The number of halogens is 1. The minimum atomic E-state index is -0.186. The van der Waals surface area contributed by atoms with Crippen molar-refractivity contribution in [1.82, 2.24) is 10.0 Å². The SMILES string of the molecule is CON(C)C(=O)c1ccc2ncc(Br)cc2c1. The Morgan fingerprint density at radius 2 is 2.18 bits per heavy atom. The van der Waals surface area contributed by atoms with E-state index < -0.39 is 0 Å². The lowest BCUT2D eigenvalue weighted by atomic mass is 10.1. The Morgan fingerprint density at radius 3 is 2.88 bits per heavy atom. The number of amides is 1. The number of fused-ring (bicyclic) bond motifs is 1. The van der Waals surface area contributed by atoms with Crippen LogP contribution in [-0.4, -0.2) is 30.1 Å². The van der Waals surface area contributed by atoms with Crippen molar-refractivity contribution in [2.24, 2.45) is 0 Å². The smallest absolute Gasteiger partial charge is 0.274 e. The third kappa shape index (κ3) is 2.45. The number of nitrogens with zero attached hydrogens (tertiary/aromatic N) is 2. The number of pyridine rings is 1. The summed E-state index contributed by atoms with van der Waals surface area (Å²) in [6.45, 7) is 0. The van der Waals surface area contributed by atoms with Gasteiger partial charge < -0.3 is 0 Å². The van der Waals surface area contributed by atoms with Crippen LogP contribution in [0.5, 0.6) is 0 Å². The second-order valence-electron chi connectivity index (χ2n) is 3.55. The fourth-order valence-electron chi connectivity index (χ4n) is 1.50. The molecule has 0 aliphatic carbocycles. The van der Waals surface area contributed by atoms with Crippen molar-refractivity contribution in [3.8, 4) is 0 Å². The largest absolute Gasteiger partial charge is 0.277 e. The summed E-state index contributed by atoms with van der Waals surface area (Å²) >= 11 is 3.35. The number of hydrogen-bond acceptors (Lipinski definition) is 3. The average molecular weight is 295 g/mol. The number of carbonyl (C=O) groups is 1. The van der Waals surface area contributed by atoms with Crippen LogP contribution < -0.4 is 0 Å². The third-order valence-electron chi connectivity index (χ3n) is 2.45. The number of carbonyl (C=O) groups excluding carboxylic acids is 1. The van der Waals surface area contributed by atoms with Crippen molar-refractivity contribution in [2.45, 2.75) is 0 Å². The van der Waals surface area contributed by atoms with Gasteiger partial charge in [-0.2, -0.15) is 0 Å². The average Bonchev–Trinajstić information content (AvgIpc) is 2.36. The summed E-state index contributed by atoms with van der Waals surface area (Å²) in [5.41, 5.74) is 1.42. The lowest BCUT2D eigenvalue weighted by Crippen LogP contribution is -2.25. The number of rotatable bonds is 2. The van der Waals surface area contributed by atoms with Gasteiger partial charge in [-0.25, -0.2) is 5.06 Å². The van der Waals surface area contributed by atoms with E-state index in [0.717, 1.165) is 15.4 Å². The van der Waals surface area contributed by atoms with E-state index in [2.05, 4.69) is 20.9 Å². The number of aromatic nitrogens is 1. The van der Waals surface area contributed by atoms with Crippen molar-refractivity contribution in [1.29, 1.82) is 0 Å². The highest BCUT2D eigenvalue weighted by atomic mass is 79.9. The van der Waals surface area contributed by atoms with Gasteiger partial charge in [0.25, 0.3) is 5.91 Å². The van der Waals surface area contributed by atoms with E-state index in [4.69, 9.17) is 4.84 Å². The van der Waals surface area contributed by atoms with Gasteiger partial charge in [0.05, 0.1) is 12.6 Å². The summed E-state index contributed by atoms with van der Waals surface area (Å²) in [6.07, 6.45) is 1.73. The highest BCUT2D eigenvalue weighted by molar-refractivity contribution is 9.10. The molecule has 0 unspecified atom stereocenters. The fourth-order valence-corrected chi connectivity index (χ4v) is 1.85. The van der Waals surface area contributed by atoms with E-state index in [1.54, 1.807) is 25.4 Å². The van der Waals surface area contributed by atoms with E-state index in [1.165, 1.54) is 12.2 Å². The molecule has 0 radical (unpaired) electrons. The second-order valence-corrected chi connectivity index (χ2v) is 4.46. The highest BCUT2D eigenvalue weighted by Gasteiger charge is 2.11. The normalized spacial score (nSPS) is 10.5. The van der Waals surface area contributed by atoms with Crippen molar-refractivity contribution >= 4 is 32.7 Å². The summed E-state index contributed by atoms with van der Waals surface area (Å²) in [5.74, 6) is -0.186. The Kier molecular flexibility index (Phi) is 3.40. The molecule has 1 amide bonds. The molecule has 1 heterocycles. The second kappa shape index (κ2) is 4.81. The van der Waals surface area contributed by atoms with Crippen molar-refractivity contribution in [3.63, 3.8) is 0 Å². The van der Waals surface area contributed by atoms with Gasteiger partial charge in [-0.05, 0) is 40.2 Å². The fraction of sp³-hybridized carbons (Fsp3) is 0.167. The Morgan fingerprint density at radius 1 is 1.41 bits per heavy atom. The minimum absolute atomic E-state index is 0.186. The van der Waals surface area contributed by atoms with Crippen LogP contribution in [0.15, 0.2) is 34.9 Å². The van der Waals surface area contributed by atoms with Crippen LogP contribution in [0.3, 0.4) is 0 Å². The number of benzene rings is 1. The summed E-state index contributed by atoms with van der Waals surface area (Å²) in [5, 5.41) is 2.10. The van der Waals surface area contributed by atoms with Crippen LogP contribution in [0.4, 0.5) is 0 Å². The molecular formula is C12H11BrN2O2. The molecule has 17 heavy (non-hydrogen) atoms. The molecule has 0 saturated heterocycles. The van der Waals surface area contributed by atoms with E-state index in [9.17, 15) is 4.79 Å². The van der Waals surface area contributed by atoms with Crippen LogP contribution in [0.2, 0.25) is 0 Å². The predicted octanol–water partition coefficient (Wildman–Crippen LogP) is 2.63.